The lowest BCUT2D eigenvalue weighted by atomic mass is 9.99. The fraction of sp³-hybridized carbons (Fsp3) is 0.211. The summed E-state index contributed by atoms with van der Waals surface area (Å²) in [4.78, 5) is 30.6. The Balaban J connectivity index is 2.02. The van der Waals surface area contributed by atoms with Gasteiger partial charge in [-0.1, -0.05) is 11.6 Å². The summed E-state index contributed by atoms with van der Waals surface area (Å²) in [5.74, 6) is -0.206. The van der Waals surface area contributed by atoms with Gasteiger partial charge in [0.2, 0.25) is 5.91 Å². The maximum atomic E-state index is 14.4. The summed E-state index contributed by atoms with van der Waals surface area (Å²) in [5, 5.41) is 6.90. The van der Waals surface area contributed by atoms with E-state index in [0.717, 1.165) is 0 Å². The van der Waals surface area contributed by atoms with Crippen LogP contribution in [0, 0.1) is 0 Å². The number of allylic oxidation sites excluding steroid dienone is 4. The first-order valence-corrected chi connectivity index (χ1v) is 10.0. The molecular formula is C19H18ClFN4O2S. The van der Waals surface area contributed by atoms with Gasteiger partial charge in [-0.3, -0.25) is 9.59 Å². The minimum Gasteiger partial charge on any atom is -0.353 e. The van der Waals surface area contributed by atoms with Crippen molar-refractivity contribution < 1.29 is 9.18 Å². The quantitative estimate of drug-likeness (QED) is 0.605. The third-order valence-electron chi connectivity index (χ3n) is 4.02. The molecule has 9 heteroatoms. The number of aromatic amines is 1. The lowest BCUT2D eigenvalue weighted by molar-refractivity contribution is -0.114. The van der Waals surface area contributed by atoms with Crippen molar-refractivity contribution in [3.05, 3.63) is 57.2 Å². The molecule has 0 aliphatic heterocycles. The van der Waals surface area contributed by atoms with Gasteiger partial charge in [-0.05, 0) is 30.9 Å². The Morgan fingerprint density at radius 2 is 2.14 bits per heavy atom. The summed E-state index contributed by atoms with van der Waals surface area (Å²) in [6.07, 6.45) is 5.45. The minimum absolute atomic E-state index is 0.168. The number of pyridine rings is 2. The van der Waals surface area contributed by atoms with Gasteiger partial charge in [-0.25, -0.2) is 9.37 Å². The van der Waals surface area contributed by atoms with Crippen LogP contribution in [0.25, 0.3) is 5.57 Å². The smallest absolute Gasteiger partial charge is 0.256 e. The van der Waals surface area contributed by atoms with Crippen molar-refractivity contribution in [1.82, 2.24) is 9.97 Å². The Bertz CT molecular complexity index is 1050. The topological polar surface area (TPSA) is 86.9 Å². The Kier molecular flexibility index (Phi) is 6.21. The average Bonchev–Trinajstić information content (AvgIpc) is 2.64. The number of thioether (sulfide) groups is 1. The van der Waals surface area contributed by atoms with Crippen molar-refractivity contribution in [3.8, 4) is 0 Å². The Hall–Kier alpha value is -2.58. The number of aromatic nitrogens is 2. The van der Waals surface area contributed by atoms with E-state index in [1.54, 1.807) is 24.4 Å². The molecule has 0 atom stereocenters. The fourth-order valence-corrected chi connectivity index (χ4v) is 3.50. The highest BCUT2D eigenvalue weighted by atomic mass is 35.5. The van der Waals surface area contributed by atoms with Gasteiger partial charge in [-0.2, -0.15) is 0 Å². The molecule has 2 heterocycles. The molecule has 146 valence electrons. The van der Waals surface area contributed by atoms with Crippen LogP contribution in [0.2, 0.25) is 0 Å². The van der Waals surface area contributed by atoms with Crippen LogP contribution in [0.1, 0.15) is 25.3 Å². The summed E-state index contributed by atoms with van der Waals surface area (Å²) in [7, 11) is 0. The number of halogens is 2. The molecule has 1 amide bonds. The summed E-state index contributed by atoms with van der Waals surface area (Å²) in [5.41, 5.74) is 1.25. The number of hydrogen-bond acceptors (Lipinski definition) is 5. The summed E-state index contributed by atoms with van der Waals surface area (Å²) < 4.78 is 14.4. The summed E-state index contributed by atoms with van der Waals surface area (Å²) in [6, 6.07) is 4.98. The van der Waals surface area contributed by atoms with Crippen LogP contribution in [0.5, 0.6) is 0 Å². The molecule has 0 aromatic carbocycles. The lowest BCUT2D eigenvalue weighted by Crippen LogP contribution is -2.15. The highest BCUT2D eigenvalue weighted by Gasteiger charge is 2.18. The standard InChI is InChI=1S/C19H18ClFN4O2S/c1-10(26)23-17-8-12(5-6-22-17)24-16-9-14(18(27)25-19(16)28-2)13-7-11(20)3-4-15(13)21/h5-9H,3-4H2,1-2H3,(H,25,27)(H2,22,23,24,26). The zero-order chi connectivity index (χ0) is 20.3. The predicted molar refractivity (Wildman–Crippen MR) is 112 cm³/mol. The number of hydrogen-bond donors (Lipinski definition) is 3. The van der Waals surface area contributed by atoms with Crippen LogP contribution in [0.15, 0.2) is 51.2 Å². The number of rotatable bonds is 5. The van der Waals surface area contributed by atoms with Crippen molar-refractivity contribution in [2.75, 3.05) is 16.9 Å². The summed E-state index contributed by atoms with van der Waals surface area (Å²) >= 11 is 7.40. The minimum atomic E-state index is -0.392. The van der Waals surface area contributed by atoms with Gasteiger partial charge < -0.3 is 15.6 Å². The van der Waals surface area contributed by atoms with Crippen LogP contribution >= 0.6 is 23.4 Å². The molecule has 2 aromatic heterocycles. The third-order valence-corrected chi connectivity index (χ3v) is 5.05. The van der Waals surface area contributed by atoms with Crippen molar-refractivity contribution in [2.45, 2.75) is 24.8 Å². The largest absolute Gasteiger partial charge is 0.353 e. The zero-order valence-corrected chi connectivity index (χ0v) is 16.8. The number of nitrogens with zero attached hydrogens (tertiary/aromatic N) is 1. The van der Waals surface area contributed by atoms with Gasteiger partial charge in [0, 0.05) is 41.9 Å². The molecule has 0 fully saturated rings. The van der Waals surface area contributed by atoms with E-state index in [0.29, 0.717) is 33.7 Å². The van der Waals surface area contributed by atoms with Crippen LogP contribution in [0.4, 0.5) is 21.6 Å². The summed E-state index contributed by atoms with van der Waals surface area (Å²) in [6.45, 7) is 1.40. The van der Waals surface area contributed by atoms with Crippen molar-refractivity contribution in [2.24, 2.45) is 0 Å². The zero-order valence-electron chi connectivity index (χ0n) is 15.2. The second-order valence-electron chi connectivity index (χ2n) is 6.10. The molecule has 3 N–H and O–H groups in total. The molecule has 28 heavy (non-hydrogen) atoms. The molecule has 1 aliphatic rings. The fourth-order valence-electron chi connectivity index (χ4n) is 2.77. The second-order valence-corrected chi connectivity index (χ2v) is 7.41. The number of amides is 1. The molecule has 6 nitrogen and oxygen atoms in total. The number of H-pyrrole nitrogens is 1. The van der Waals surface area contributed by atoms with Crippen molar-refractivity contribution in [3.63, 3.8) is 0 Å². The van der Waals surface area contributed by atoms with E-state index in [1.165, 1.54) is 24.8 Å². The van der Waals surface area contributed by atoms with Gasteiger partial charge in [0.25, 0.3) is 5.56 Å². The van der Waals surface area contributed by atoms with E-state index in [-0.39, 0.29) is 29.3 Å². The van der Waals surface area contributed by atoms with Gasteiger partial charge >= 0.3 is 0 Å². The predicted octanol–water partition coefficient (Wildman–Crippen LogP) is 4.79. The first-order chi connectivity index (χ1) is 13.4. The maximum Gasteiger partial charge on any atom is 0.256 e. The molecule has 0 bridgehead atoms. The maximum absolute atomic E-state index is 14.4. The van der Waals surface area contributed by atoms with Gasteiger partial charge in [0.05, 0.1) is 16.3 Å². The third kappa shape index (κ3) is 4.63. The normalized spacial score (nSPS) is 13.9. The highest BCUT2D eigenvalue weighted by Crippen LogP contribution is 2.34. The van der Waals surface area contributed by atoms with Crippen LogP contribution in [-0.2, 0) is 4.79 Å². The molecule has 0 saturated carbocycles. The van der Waals surface area contributed by atoms with E-state index in [1.807, 2.05) is 6.26 Å². The molecule has 0 saturated heterocycles. The molecule has 1 aliphatic carbocycles. The molecule has 0 unspecified atom stereocenters. The Labute approximate surface area is 170 Å². The molecular weight excluding hydrogens is 403 g/mol. The number of carbonyl (C=O) groups is 1. The van der Waals surface area contributed by atoms with Crippen LogP contribution in [-0.4, -0.2) is 22.1 Å². The van der Waals surface area contributed by atoms with Crippen LogP contribution < -0.4 is 16.2 Å². The monoisotopic (exact) mass is 420 g/mol. The van der Waals surface area contributed by atoms with Crippen molar-refractivity contribution >= 4 is 52.0 Å². The van der Waals surface area contributed by atoms with Gasteiger partial charge in [0.1, 0.15) is 11.6 Å². The van der Waals surface area contributed by atoms with E-state index in [2.05, 4.69) is 20.6 Å². The molecule has 0 radical (unpaired) electrons. The molecule has 2 aromatic rings. The average molecular weight is 421 g/mol. The highest BCUT2D eigenvalue weighted by molar-refractivity contribution is 7.98. The first-order valence-electron chi connectivity index (χ1n) is 8.44. The van der Waals surface area contributed by atoms with Gasteiger partial charge in [-0.15, -0.1) is 11.8 Å². The Morgan fingerprint density at radius 3 is 2.86 bits per heavy atom. The van der Waals surface area contributed by atoms with E-state index < -0.39 is 5.56 Å². The van der Waals surface area contributed by atoms with E-state index >= 15 is 0 Å². The van der Waals surface area contributed by atoms with Gasteiger partial charge in [0.15, 0.2) is 0 Å². The molecule has 0 spiro atoms. The number of nitrogens with one attached hydrogen (secondary N) is 3. The number of carbonyl (C=O) groups excluding carboxylic acids is 1. The molecule has 3 rings (SSSR count). The number of anilines is 3. The SMILES string of the molecule is CSc1[nH]c(=O)c(C2=C(F)CCC(Cl)=C2)cc1Nc1ccnc(NC(C)=O)c1. The van der Waals surface area contributed by atoms with E-state index in [9.17, 15) is 14.0 Å². The van der Waals surface area contributed by atoms with Crippen LogP contribution in [0.3, 0.4) is 0 Å². The van der Waals surface area contributed by atoms with Crippen molar-refractivity contribution in [1.29, 1.82) is 0 Å². The van der Waals surface area contributed by atoms with E-state index in [4.69, 9.17) is 11.6 Å². The second kappa shape index (κ2) is 8.62. The Morgan fingerprint density at radius 1 is 1.36 bits per heavy atom. The first kappa shape index (κ1) is 20.2. The lowest BCUT2D eigenvalue weighted by Gasteiger charge is -2.16.